The van der Waals surface area contributed by atoms with Crippen molar-refractivity contribution in [1.82, 2.24) is 15.1 Å². The summed E-state index contributed by atoms with van der Waals surface area (Å²) in [5.41, 5.74) is 3.82. The standard InChI is InChI=1S/C25H32N4O2/c1-19-10-11-21(17-23(19)29-16-13-26-25(29)31)24(30)27(2)22-9-6-14-28(18-22)15-12-20-7-4-3-5-8-20/h3-5,7-8,10-11,17,22H,6,9,12-16,18H2,1-2H3,(H,26,31)/t22-/m0/s1. The molecule has 0 aromatic heterocycles. The van der Waals surface area contributed by atoms with E-state index in [9.17, 15) is 9.59 Å². The van der Waals surface area contributed by atoms with Gasteiger partial charge in [0.05, 0.1) is 0 Å². The average molecular weight is 421 g/mol. The number of benzene rings is 2. The van der Waals surface area contributed by atoms with Crippen molar-refractivity contribution in [2.45, 2.75) is 32.2 Å². The predicted molar refractivity (Wildman–Crippen MR) is 124 cm³/mol. The highest BCUT2D eigenvalue weighted by molar-refractivity contribution is 5.99. The van der Waals surface area contributed by atoms with Crippen LogP contribution in [0, 0.1) is 6.92 Å². The van der Waals surface area contributed by atoms with E-state index in [2.05, 4.69) is 34.5 Å². The number of piperidine rings is 1. The summed E-state index contributed by atoms with van der Waals surface area (Å²) < 4.78 is 0. The highest BCUT2D eigenvalue weighted by Crippen LogP contribution is 2.25. The lowest BCUT2D eigenvalue weighted by atomic mass is 10.0. The number of amides is 3. The van der Waals surface area contributed by atoms with Crippen LogP contribution in [-0.2, 0) is 6.42 Å². The fourth-order valence-electron chi connectivity index (χ4n) is 4.59. The third kappa shape index (κ3) is 4.90. The number of carbonyl (C=O) groups excluding carboxylic acids is 2. The van der Waals surface area contributed by atoms with Crippen LogP contribution in [0.1, 0.15) is 34.3 Å². The minimum absolute atomic E-state index is 0.0239. The molecular weight excluding hydrogens is 388 g/mol. The molecule has 6 nitrogen and oxygen atoms in total. The Labute approximate surface area is 184 Å². The van der Waals surface area contributed by atoms with Gasteiger partial charge in [0.1, 0.15) is 0 Å². The maximum absolute atomic E-state index is 13.3. The van der Waals surface area contributed by atoms with E-state index in [1.54, 1.807) is 4.90 Å². The molecule has 2 aliphatic rings. The molecule has 2 saturated heterocycles. The monoisotopic (exact) mass is 420 g/mol. The van der Waals surface area contributed by atoms with E-state index in [1.807, 2.05) is 43.1 Å². The molecule has 6 heteroatoms. The molecule has 2 aromatic rings. The van der Waals surface area contributed by atoms with Gasteiger partial charge in [0, 0.05) is 50.5 Å². The molecule has 0 radical (unpaired) electrons. The molecule has 4 rings (SSSR count). The van der Waals surface area contributed by atoms with Crippen molar-refractivity contribution < 1.29 is 9.59 Å². The lowest BCUT2D eigenvalue weighted by Gasteiger charge is -2.37. The summed E-state index contributed by atoms with van der Waals surface area (Å²) in [6.45, 7) is 6.25. The first-order valence-corrected chi connectivity index (χ1v) is 11.2. The van der Waals surface area contributed by atoms with Gasteiger partial charge in [-0.05, 0) is 56.0 Å². The van der Waals surface area contributed by atoms with Crippen LogP contribution in [0.4, 0.5) is 10.5 Å². The second kappa shape index (κ2) is 9.52. The molecule has 2 fully saturated rings. The Balaban J connectivity index is 1.41. The number of likely N-dealkylation sites (tertiary alicyclic amines) is 1. The molecular formula is C25H32N4O2. The van der Waals surface area contributed by atoms with E-state index in [4.69, 9.17) is 0 Å². The maximum atomic E-state index is 13.3. The van der Waals surface area contributed by atoms with Gasteiger partial charge in [-0.3, -0.25) is 9.69 Å². The molecule has 3 amide bonds. The minimum Gasteiger partial charge on any atom is -0.337 e. The summed E-state index contributed by atoms with van der Waals surface area (Å²) in [6.07, 6.45) is 3.16. The van der Waals surface area contributed by atoms with Crippen LogP contribution in [0.5, 0.6) is 0 Å². The number of nitrogens with zero attached hydrogens (tertiary/aromatic N) is 3. The van der Waals surface area contributed by atoms with Gasteiger partial charge in [-0.2, -0.15) is 0 Å². The van der Waals surface area contributed by atoms with Crippen LogP contribution in [-0.4, -0.2) is 67.6 Å². The molecule has 2 aromatic carbocycles. The summed E-state index contributed by atoms with van der Waals surface area (Å²) in [5.74, 6) is 0.0239. The number of likely N-dealkylation sites (N-methyl/N-ethyl adjacent to an activating group) is 1. The largest absolute Gasteiger partial charge is 0.337 e. The number of nitrogens with one attached hydrogen (secondary N) is 1. The van der Waals surface area contributed by atoms with Crippen molar-refractivity contribution >= 4 is 17.6 Å². The zero-order valence-corrected chi connectivity index (χ0v) is 18.5. The van der Waals surface area contributed by atoms with E-state index < -0.39 is 0 Å². The van der Waals surface area contributed by atoms with Gasteiger partial charge in [-0.25, -0.2) is 4.79 Å². The van der Waals surface area contributed by atoms with Crippen molar-refractivity contribution in [3.8, 4) is 0 Å². The third-order valence-electron chi connectivity index (χ3n) is 6.51. The molecule has 1 atom stereocenters. The fraction of sp³-hybridized carbons (Fsp3) is 0.440. The van der Waals surface area contributed by atoms with Crippen LogP contribution < -0.4 is 10.2 Å². The SMILES string of the molecule is Cc1ccc(C(=O)N(C)[C@H]2CCCN(CCc3ccccc3)C2)cc1N1CCNC1=O. The molecule has 2 heterocycles. The summed E-state index contributed by atoms with van der Waals surface area (Å²) in [6, 6.07) is 16.4. The summed E-state index contributed by atoms with van der Waals surface area (Å²) in [4.78, 5) is 31.5. The van der Waals surface area contributed by atoms with Crippen LogP contribution in [0.2, 0.25) is 0 Å². The van der Waals surface area contributed by atoms with Crippen LogP contribution in [0.3, 0.4) is 0 Å². The van der Waals surface area contributed by atoms with Crippen molar-refractivity contribution in [3.63, 3.8) is 0 Å². The van der Waals surface area contributed by atoms with E-state index in [0.717, 1.165) is 50.1 Å². The number of carbonyl (C=O) groups is 2. The number of aryl methyl sites for hydroxylation is 1. The van der Waals surface area contributed by atoms with Gasteiger partial charge in [0.2, 0.25) is 0 Å². The highest BCUT2D eigenvalue weighted by Gasteiger charge is 2.28. The molecule has 0 bridgehead atoms. The van der Waals surface area contributed by atoms with Crippen LogP contribution in [0.15, 0.2) is 48.5 Å². The quantitative estimate of drug-likeness (QED) is 0.780. The van der Waals surface area contributed by atoms with Crippen molar-refractivity contribution in [3.05, 3.63) is 65.2 Å². The van der Waals surface area contributed by atoms with Gasteiger partial charge >= 0.3 is 6.03 Å². The molecule has 0 saturated carbocycles. The van der Waals surface area contributed by atoms with E-state index in [1.165, 1.54) is 5.56 Å². The number of anilines is 1. The normalized spacial score (nSPS) is 19.4. The second-order valence-corrected chi connectivity index (χ2v) is 8.63. The van der Waals surface area contributed by atoms with Crippen molar-refractivity contribution in [1.29, 1.82) is 0 Å². The fourth-order valence-corrected chi connectivity index (χ4v) is 4.59. The first kappa shape index (κ1) is 21.4. The zero-order valence-electron chi connectivity index (χ0n) is 18.5. The van der Waals surface area contributed by atoms with Crippen molar-refractivity contribution in [2.75, 3.05) is 44.7 Å². The highest BCUT2D eigenvalue weighted by atomic mass is 16.2. The van der Waals surface area contributed by atoms with E-state index >= 15 is 0 Å². The van der Waals surface area contributed by atoms with Gasteiger partial charge in [-0.15, -0.1) is 0 Å². The Morgan fingerprint density at radius 3 is 2.71 bits per heavy atom. The van der Waals surface area contributed by atoms with Gasteiger partial charge in [0.15, 0.2) is 0 Å². The third-order valence-corrected chi connectivity index (χ3v) is 6.51. The van der Waals surface area contributed by atoms with E-state index in [0.29, 0.717) is 18.7 Å². The summed E-state index contributed by atoms with van der Waals surface area (Å²) in [7, 11) is 1.91. The molecule has 0 aliphatic carbocycles. The molecule has 1 N–H and O–H groups in total. The van der Waals surface area contributed by atoms with Gasteiger partial charge in [0.25, 0.3) is 5.91 Å². The van der Waals surface area contributed by atoms with Crippen LogP contribution in [0.25, 0.3) is 0 Å². The first-order chi connectivity index (χ1) is 15.0. The predicted octanol–water partition coefficient (Wildman–Crippen LogP) is 3.30. The number of rotatable bonds is 6. The second-order valence-electron chi connectivity index (χ2n) is 8.63. The Morgan fingerprint density at radius 1 is 1.16 bits per heavy atom. The Hall–Kier alpha value is -2.86. The first-order valence-electron chi connectivity index (χ1n) is 11.2. The Bertz CT molecular complexity index is 930. The molecule has 0 spiro atoms. The maximum Gasteiger partial charge on any atom is 0.322 e. The van der Waals surface area contributed by atoms with E-state index in [-0.39, 0.29) is 18.0 Å². The molecule has 0 unspecified atom stereocenters. The summed E-state index contributed by atoms with van der Waals surface area (Å²) in [5, 5.41) is 2.83. The zero-order chi connectivity index (χ0) is 21.8. The minimum atomic E-state index is -0.0950. The topological polar surface area (TPSA) is 55.9 Å². The number of urea groups is 1. The van der Waals surface area contributed by atoms with Crippen molar-refractivity contribution in [2.24, 2.45) is 0 Å². The van der Waals surface area contributed by atoms with Crippen LogP contribution >= 0.6 is 0 Å². The number of hydrogen-bond donors (Lipinski definition) is 1. The lowest BCUT2D eigenvalue weighted by molar-refractivity contribution is 0.0619. The average Bonchev–Trinajstić information content (AvgIpc) is 3.23. The molecule has 2 aliphatic heterocycles. The number of hydrogen-bond acceptors (Lipinski definition) is 3. The molecule has 31 heavy (non-hydrogen) atoms. The Kier molecular flexibility index (Phi) is 6.56. The lowest BCUT2D eigenvalue weighted by Crippen LogP contribution is -2.49. The van der Waals surface area contributed by atoms with Gasteiger partial charge < -0.3 is 15.1 Å². The summed E-state index contributed by atoms with van der Waals surface area (Å²) >= 11 is 0. The Morgan fingerprint density at radius 2 is 1.97 bits per heavy atom. The van der Waals surface area contributed by atoms with Gasteiger partial charge in [-0.1, -0.05) is 36.4 Å². The smallest absolute Gasteiger partial charge is 0.322 e. The molecule has 164 valence electrons.